The predicted octanol–water partition coefficient (Wildman–Crippen LogP) is 6.40. The summed E-state index contributed by atoms with van der Waals surface area (Å²) in [6.45, 7) is 7.62. The first-order valence-corrected chi connectivity index (χ1v) is 11.7. The number of carbonyl (C=O) groups is 1. The Balaban J connectivity index is 1.52. The van der Waals surface area contributed by atoms with Gasteiger partial charge >= 0.3 is 5.97 Å². The standard InChI is InChI=1S/C25H40O2/c1-17(8-13-23(26)27-4)20-11-12-21-19-10-9-18-7-5-6-15-24(18,2)22(19)14-16-25(20,21)3/h9-10,17-22H,5-8,11-16H2,1-4H3/t17-,18+,19-,20+,21-,22-,24-,25+/m0/s1. The van der Waals surface area contributed by atoms with Gasteiger partial charge in [0.25, 0.3) is 0 Å². The number of carbonyl (C=O) groups excluding carboxylic acids is 1. The minimum Gasteiger partial charge on any atom is -0.469 e. The van der Waals surface area contributed by atoms with Crippen LogP contribution in [0.3, 0.4) is 0 Å². The Morgan fingerprint density at radius 1 is 1.04 bits per heavy atom. The van der Waals surface area contributed by atoms with Crippen LogP contribution in [-0.2, 0) is 9.53 Å². The molecule has 2 nitrogen and oxygen atoms in total. The molecule has 4 aliphatic rings. The summed E-state index contributed by atoms with van der Waals surface area (Å²) in [5.74, 6) is 4.78. The van der Waals surface area contributed by atoms with Gasteiger partial charge in [0, 0.05) is 6.42 Å². The van der Waals surface area contributed by atoms with Crippen LogP contribution in [0.4, 0.5) is 0 Å². The second-order valence-electron chi connectivity index (χ2n) is 10.9. The van der Waals surface area contributed by atoms with Crippen molar-refractivity contribution in [2.75, 3.05) is 7.11 Å². The lowest BCUT2D eigenvalue weighted by molar-refractivity contribution is -0.141. The minimum absolute atomic E-state index is 0.0447. The first-order chi connectivity index (χ1) is 12.9. The third-order valence-corrected chi connectivity index (χ3v) is 9.86. The number of methoxy groups -OCH3 is 1. The monoisotopic (exact) mass is 372 g/mol. The summed E-state index contributed by atoms with van der Waals surface area (Å²) in [6.07, 6.45) is 18.2. The summed E-state index contributed by atoms with van der Waals surface area (Å²) >= 11 is 0. The Morgan fingerprint density at radius 3 is 2.59 bits per heavy atom. The van der Waals surface area contributed by atoms with E-state index in [0.717, 1.165) is 36.0 Å². The first kappa shape index (κ1) is 19.5. The highest BCUT2D eigenvalue weighted by Gasteiger charge is 2.58. The molecular formula is C25H40O2. The Bertz CT molecular complexity index is 595. The molecule has 0 N–H and O–H groups in total. The molecular weight excluding hydrogens is 332 g/mol. The van der Waals surface area contributed by atoms with E-state index in [1.807, 2.05) is 0 Å². The highest BCUT2D eigenvalue weighted by molar-refractivity contribution is 5.69. The molecule has 0 spiro atoms. The van der Waals surface area contributed by atoms with Crippen LogP contribution in [0.25, 0.3) is 0 Å². The SMILES string of the molecule is COC(=O)CC[C@H](C)[C@H]1CC[C@H]2[C@@H]3C=C[C@H]4CCCC[C@]4(C)[C@H]3CC[C@]12C. The van der Waals surface area contributed by atoms with Gasteiger partial charge in [0.1, 0.15) is 0 Å². The van der Waals surface area contributed by atoms with E-state index in [-0.39, 0.29) is 5.97 Å². The van der Waals surface area contributed by atoms with Crippen LogP contribution in [0.1, 0.15) is 85.0 Å². The van der Waals surface area contributed by atoms with Crippen LogP contribution in [0.15, 0.2) is 12.2 Å². The molecule has 8 atom stereocenters. The second kappa shape index (κ2) is 7.23. The van der Waals surface area contributed by atoms with Crippen molar-refractivity contribution in [2.45, 2.75) is 85.0 Å². The third kappa shape index (κ3) is 3.10. The molecule has 27 heavy (non-hydrogen) atoms. The third-order valence-electron chi connectivity index (χ3n) is 9.86. The van der Waals surface area contributed by atoms with Crippen LogP contribution in [-0.4, -0.2) is 13.1 Å². The summed E-state index contributed by atoms with van der Waals surface area (Å²) in [7, 11) is 1.51. The second-order valence-corrected chi connectivity index (χ2v) is 10.9. The molecule has 0 aromatic carbocycles. The zero-order chi connectivity index (χ0) is 19.2. The topological polar surface area (TPSA) is 26.3 Å². The van der Waals surface area contributed by atoms with Crippen molar-refractivity contribution in [2.24, 2.45) is 46.3 Å². The van der Waals surface area contributed by atoms with Crippen molar-refractivity contribution in [1.82, 2.24) is 0 Å². The van der Waals surface area contributed by atoms with Gasteiger partial charge in [-0.05, 0) is 91.3 Å². The molecule has 2 heteroatoms. The number of hydrogen-bond donors (Lipinski definition) is 0. The molecule has 0 aliphatic heterocycles. The molecule has 0 heterocycles. The van der Waals surface area contributed by atoms with Gasteiger partial charge in [-0.2, -0.15) is 0 Å². The molecule has 0 amide bonds. The van der Waals surface area contributed by atoms with Crippen molar-refractivity contribution >= 4 is 5.97 Å². The highest BCUT2D eigenvalue weighted by atomic mass is 16.5. The molecule has 3 saturated carbocycles. The molecule has 3 fully saturated rings. The first-order valence-electron chi connectivity index (χ1n) is 11.7. The van der Waals surface area contributed by atoms with E-state index in [2.05, 4.69) is 32.9 Å². The zero-order valence-electron chi connectivity index (χ0n) is 18.0. The maximum absolute atomic E-state index is 11.6. The molecule has 152 valence electrons. The quantitative estimate of drug-likeness (QED) is 0.421. The Morgan fingerprint density at radius 2 is 1.81 bits per heavy atom. The van der Waals surface area contributed by atoms with Gasteiger partial charge in [-0.25, -0.2) is 0 Å². The summed E-state index contributed by atoms with van der Waals surface area (Å²) in [4.78, 5) is 11.6. The van der Waals surface area contributed by atoms with Crippen molar-refractivity contribution in [3.63, 3.8) is 0 Å². The fourth-order valence-electron chi connectivity index (χ4n) is 8.28. The molecule has 0 unspecified atom stereocenters. The summed E-state index contributed by atoms with van der Waals surface area (Å²) in [5.41, 5.74) is 1.03. The van der Waals surface area contributed by atoms with Crippen molar-refractivity contribution < 1.29 is 9.53 Å². The van der Waals surface area contributed by atoms with Gasteiger partial charge in [-0.15, -0.1) is 0 Å². The normalized spacial score (nSPS) is 46.9. The van der Waals surface area contributed by atoms with Gasteiger partial charge in [-0.3, -0.25) is 4.79 Å². The zero-order valence-corrected chi connectivity index (χ0v) is 18.0. The Labute approximate surface area is 166 Å². The van der Waals surface area contributed by atoms with Gasteiger partial charge in [0.05, 0.1) is 7.11 Å². The smallest absolute Gasteiger partial charge is 0.305 e. The van der Waals surface area contributed by atoms with Gasteiger partial charge < -0.3 is 4.74 Å². The molecule has 0 aromatic heterocycles. The van der Waals surface area contributed by atoms with Crippen molar-refractivity contribution in [3.05, 3.63) is 12.2 Å². The highest BCUT2D eigenvalue weighted by Crippen LogP contribution is 2.66. The lowest BCUT2D eigenvalue weighted by atomic mass is 9.46. The number of hydrogen-bond acceptors (Lipinski definition) is 2. The van der Waals surface area contributed by atoms with Crippen LogP contribution < -0.4 is 0 Å². The van der Waals surface area contributed by atoms with E-state index in [1.165, 1.54) is 58.5 Å². The number of allylic oxidation sites excluding steroid dienone is 2. The van der Waals surface area contributed by atoms with E-state index >= 15 is 0 Å². The van der Waals surface area contributed by atoms with Crippen LogP contribution >= 0.6 is 0 Å². The van der Waals surface area contributed by atoms with E-state index < -0.39 is 0 Å². The number of esters is 1. The Hall–Kier alpha value is -0.790. The lowest BCUT2D eigenvalue weighted by Gasteiger charge is -2.58. The number of rotatable bonds is 4. The average molecular weight is 373 g/mol. The average Bonchev–Trinajstić information content (AvgIpc) is 3.02. The Kier molecular flexibility index (Phi) is 5.23. The molecule has 0 aromatic rings. The van der Waals surface area contributed by atoms with E-state index in [9.17, 15) is 4.79 Å². The molecule has 4 rings (SSSR count). The number of fused-ring (bicyclic) bond motifs is 5. The molecule has 0 radical (unpaired) electrons. The molecule has 0 bridgehead atoms. The van der Waals surface area contributed by atoms with Gasteiger partial charge in [0.2, 0.25) is 0 Å². The van der Waals surface area contributed by atoms with E-state index in [0.29, 0.717) is 23.2 Å². The largest absolute Gasteiger partial charge is 0.469 e. The predicted molar refractivity (Wildman–Crippen MR) is 110 cm³/mol. The van der Waals surface area contributed by atoms with Crippen LogP contribution in [0.5, 0.6) is 0 Å². The summed E-state index contributed by atoms with van der Waals surface area (Å²) in [5, 5.41) is 0. The fraction of sp³-hybridized carbons (Fsp3) is 0.880. The lowest BCUT2D eigenvalue weighted by Crippen LogP contribution is -2.51. The van der Waals surface area contributed by atoms with Crippen LogP contribution in [0.2, 0.25) is 0 Å². The number of ether oxygens (including phenoxy) is 1. The van der Waals surface area contributed by atoms with Crippen molar-refractivity contribution in [3.8, 4) is 0 Å². The summed E-state index contributed by atoms with van der Waals surface area (Å²) in [6, 6.07) is 0. The van der Waals surface area contributed by atoms with E-state index in [1.54, 1.807) is 0 Å². The van der Waals surface area contributed by atoms with Gasteiger partial charge in [0.15, 0.2) is 0 Å². The minimum atomic E-state index is -0.0447. The fourth-order valence-corrected chi connectivity index (χ4v) is 8.28. The van der Waals surface area contributed by atoms with Crippen LogP contribution in [0, 0.1) is 46.3 Å². The van der Waals surface area contributed by atoms with Crippen molar-refractivity contribution in [1.29, 1.82) is 0 Å². The van der Waals surface area contributed by atoms with E-state index in [4.69, 9.17) is 4.74 Å². The maximum atomic E-state index is 11.6. The molecule has 0 saturated heterocycles. The summed E-state index contributed by atoms with van der Waals surface area (Å²) < 4.78 is 4.88. The molecule has 4 aliphatic carbocycles. The van der Waals surface area contributed by atoms with Gasteiger partial charge in [-0.1, -0.05) is 45.8 Å². The maximum Gasteiger partial charge on any atom is 0.305 e.